The first-order chi connectivity index (χ1) is 8.04. The van der Waals surface area contributed by atoms with Crippen molar-refractivity contribution >= 4 is 10.8 Å². The van der Waals surface area contributed by atoms with Crippen LogP contribution in [0.3, 0.4) is 0 Å². The van der Waals surface area contributed by atoms with Crippen LogP contribution in [0.25, 0.3) is 10.8 Å². The second-order valence-corrected chi connectivity index (χ2v) is 4.68. The predicted octanol–water partition coefficient (Wildman–Crippen LogP) is 3.99. The Balaban J connectivity index is 2.83. The molecule has 0 saturated heterocycles. The minimum absolute atomic E-state index is 0.356. The van der Waals surface area contributed by atoms with Gasteiger partial charge in [-0.3, -0.25) is 0 Å². The fraction of sp³-hybridized carbons (Fsp3) is 0.333. The number of hydrogen-bond acceptors (Lipinski definition) is 2. The highest BCUT2D eigenvalue weighted by atomic mass is 16.5. The molecule has 0 amide bonds. The Morgan fingerprint density at radius 3 is 2.41 bits per heavy atom. The highest BCUT2D eigenvalue weighted by Gasteiger charge is 2.11. The summed E-state index contributed by atoms with van der Waals surface area (Å²) in [7, 11) is 1.66. The lowest BCUT2D eigenvalue weighted by molar-refractivity contribution is 0.415. The SMILES string of the molecule is COc1ccc2c(C(C)C)cc(O)c(C)c2c1. The molecule has 2 rings (SSSR count). The van der Waals surface area contributed by atoms with Gasteiger partial charge < -0.3 is 9.84 Å². The Morgan fingerprint density at radius 1 is 1.12 bits per heavy atom. The zero-order valence-corrected chi connectivity index (χ0v) is 10.7. The summed E-state index contributed by atoms with van der Waals surface area (Å²) < 4.78 is 5.24. The number of phenolic OH excluding ortho intramolecular Hbond substituents is 1. The molecule has 0 aliphatic rings. The first kappa shape index (κ1) is 11.8. The standard InChI is InChI=1S/C15H18O2/c1-9(2)13-8-15(16)10(3)14-7-11(17-4)5-6-12(13)14/h5-9,16H,1-4H3. The van der Waals surface area contributed by atoms with E-state index in [0.717, 1.165) is 16.7 Å². The molecular formula is C15H18O2. The fourth-order valence-corrected chi connectivity index (χ4v) is 2.16. The summed E-state index contributed by atoms with van der Waals surface area (Å²) in [5.41, 5.74) is 2.08. The third-order valence-corrected chi connectivity index (χ3v) is 3.24. The second-order valence-electron chi connectivity index (χ2n) is 4.68. The van der Waals surface area contributed by atoms with Crippen molar-refractivity contribution in [1.82, 2.24) is 0 Å². The molecule has 0 unspecified atom stereocenters. The molecular weight excluding hydrogens is 212 g/mol. The van der Waals surface area contributed by atoms with Gasteiger partial charge in [-0.2, -0.15) is 0 Å². The number of fused-ring (bicyclic) bond motifs is 1. The summed E-state index contributed by atoms with van der Waals surface area (Å²) in [6, 6.07) is 7.88. The van der Waals surface area contributed by atoms with Crippen molar-refractivity contribution in [3.63, 3.8) is 0 Å². The average molecular weight is 230 g/mol. The van der Waals surface area contributed by atoms with Crippen LogP contribution in [0.4, 0.5) is 0 Å². The molecule has 17 heavy (non-hydrogen) atoms. The van der Waals surface area contributed by atoms with Crippen LogP contribution in [0.15, 0.2) is 24.3 Å². The minimum Gasteiger partial charge on any atom is -0.508 e. The van der Waals surface area contributed by atoms with Gasteiger partial charge in [0.15, 0.2) is 0 Å². The van der Waals surface area contributed by atoms with Crippen molar-refractivity contribution in [1.29, 1.82) is 0 Å². The summed E-state index contributed by atoms with van der Waals surface area (Å²) in [6.07, 6.45) is 0. The number of aryl methyl sites for hydroxylation is 1. The van der Waals surface area contributed by atoms with Gasteiger partial charge in [-0.25, -0.2) is 0 Å². The number of phenols is 1. The van der Waals surface area contributed by atoms with E-state index in [1.54, 1.807) is 7.11 Å². The van der Waals surface area contributed by atoms with Crippen LogP contribution < -0.4 is 4.74 Å². The van der Waals surface area contributed by atoms with Crippen LogP contribution in [-0.4, -0.2) is 12.2 Å². The largest absolute Gasteiger partial charge is 0.508 e. The van der Waals surface area contributed by atoms with E-state index in [1.807, 2.05) is 25.1 Å². The first-order valence-electron chi connectivity index (χ1n) is 5.84. The zero-order valence-electron chi connectivity index (χ0n) is 10.7. The Bertz CT molecular complexity index is 556. The molecule has 2 nitrogen and oxygen atoms in total. The lowest BCUT2D eigenvalue weighted by Crippen LogP contribution is -1.93. The van der Waals surface area contributed by atoms with Crippen LogP contribution in [0.1, 0.15) is 30.9 Å². The van der Waals surface area contributed by atoms with E-state index < -0.39 is 0 Å². The molecule has 0 aliphatic heterocycles. The number of hydrogen-bond donors (Lipinski definition) is 1. The van der Waals surface area contributed by atoms with E-state index in [1.165, 1.54) is 10.9 Å². The maximum Gasteiger partial charge on any atom is 0.119 e. The Morgan fingerprint density at radius 2 is 1.82 bits per heavy atom. The Labute approximate surface area is 102 Å². The van der Waals surface area contributed by atoms with Crippen molar-refractivity contribution in [2.24, 2.45) is 0 Å². The molecule has 0 bridgehead atoms. The third kappa shape index (κ3) is 1.95. The lowest BCUT2D eigenvalue weighted by Gasteiger charge is -2.14. The molecule has 0 aromatic heterocycles. The zero-order chi connectivity index (χ0) is 12.6. The normalized spacial score (nSPS) is 11.1. The van der Waals surface area contributed by atoms with E-state index in [0.29, 0.717) is 11.7 Å². The maximum absolute atomic E-state index is 9.97. The summed E-state index contributed by atoms with van der Waals surface area (Å²) in [6.45, 7) is 6.20. The molecule has 0 saturated carbocycles. The van der Waals surface area contributed by atoms with Crippen molar-refractivity contribution < 1.29 is 9.84 Å². The van der Waals surface area contributed by atoms with Gasteiger partial charge in [0, 0.05) is 0 Å². The van der Waals surface area contributed by atoms with Crippen molar-refractivity contribution in [3.8, 4) is 11.5 Å². The van der Waals surface area contributed by atoms with Gasteiger partial charge in [0.1, 0.15) is 11.5 Å². The lowest BCUT2D eigenvalue weighted by atomic mass is 9.93. The molecule has 0 atom stereocenters. The molecule has 0 aliphatic carbocycles. The smallest absolute Gasteiger partial charge is 0.119 e. The summed E-state index contributed by atoms with van der Waals surface area (Å²) in [4.78, 5) is 0. The number of ether oxygens (including phenoxy) is 1. The molecule has 0 spiro atoms. The predicted molar refractivity (Wildman–Crippen MR) is 71.0 cm³/mol. The van der Waals surface area contributed by atoms with E-state index in [4.69, 9.17) is 4.74 Å². The molecule has 2 heteroatoms. The van der Waals surface area contributed by atoms with E-state index in [2.05, 4.69) is 19.9 Å². The van der Waals surface area contributed by atoms with Crippen LogP contribution in [0.2, 0.25) is 0 Å². The van der Waals surface area contributed by atoms with E-state index >= 15 is 0 Å². The van der Waals surface area contributed by atoms with Gasteiger partial charge in [-0.1, -0.05) is 19.9 Å². The van der Waals surface area contributed by atoms with E-state index in [9.17, 15) is 5.11 Å². The molecule has 0 heterocycles. The monoisotopic (exact) mass is 230 g/mol. The van der Waals surface area contributed by atoms with Crippen LogP contribution >= 0.6 is 0 Å². The number of methoxy groups -OCH3 is 1. The quantitative estimate of drug-likeness (QED) is 0.845. The van der Waals surface area contributed by atoms with Crippen molar-refractivity contribution in [2.45, 2.75) is 26.7 Å². The minimum atomic E-state index is 0.356. The first-order valence-corrected chi connectivity index (χ1v) is 5.84. The number of rotatable bonds is 2. The Hall–Kier alpha value is -1.70. The highest BCUT2D eigenvalue weighted by molar-refractivity contribution is 5.92. The molecule has 90 valence electrons. The van der Waals surface area contributed by atoms with Gasteiger partial charge in [0.25, 0.3) is 0 Å². The van der Waals surface area contributed by atoms with Crippen LogP contribution in [-0.2, 0) is 0 Å². The Kier molecular flexibility index (Phi) is 2.97. The second kappa shape index (κ2) is 4.28. The average Bonchev–Trinajstić information content (AvgIpc) is 2.32. The third-order valence-electron chi connectivity index (χ3n) is 3.24. The van der Waals surface area contributed by atoms with Crippen LogP contribution in [0, 0.1) is 6.92 Å². The van der Waals surface area contributed by atoms with E-state index in [-0.39, 0.29) is 0 Å². The van der Waals surface area contributed by atoms with Gasteiger partial charge in [0.2, 0.25) is 0 Å². The van der Waals surface area contributed by atoms with Crippen molar-refractivity contribution in [3.05, 3.63) is 35.4 Å². The van der Waals surface area contributed by atoms with Gasteiger partial charge >= 0.3 is 0 Å². The molecule has 0 radical (unpaired) electrons. The summed E-state index contributed by atoms with van der Waals surface area (Å²) in [5.74, 6) is 1.56. The summed E-state index contributed by atoms with van der Waals surface area (Å²) in [5, 5.41) is 12.2. The highest BCUT2D eigenvalue weighted by Crippen LogP contribution is 2.35. The number of benzene rings is 2. The number of aromatic hydroxyl groups is 1. The molecule has 1 N–H and O–H groups in total. The summed E-state index contributed by atoms with van der Waals surface area (Å²) >= 11 is 0. The maximum atomic E-state index is 9.97. The van der Waals surface area contributed by atoms with Gasteiger partial charge in [0.05, 0.1) is 7.11 Å². The van der Waals surface area contributed by atoms with Crippen LogP contribution in [0.5, 0.6) is 11.5 Å². The topological polar surface area (TPSA) is 29.5 Å². The fourth-order valence-electron chi connectivity index (χ4n) is 2.16. The van der Waals surface area contributed by atoms with Gasteiger partial charge in [-0.05, 0) is 52.9 Å². The van der Waals surface area contributed by atoms with Crippen molar-refractivity contribution in [2.75, 3.05) is 7.11 Å². The molecule has 2 aromatic carbocycles. The molecule has 2 aromatic rings. The molecule has 0 fully saturated rings. The van der Waals surface area contributed by atoms with Gasteiger partial charge in [-0.15, -0.1) is 0 Å².